The average Bonchev–Trinajstić information content (AvgIpc) is 2.36. The highest BCUT2D eigenvalue weighted by atomic mass is 16.3. The van der Waals surface area contributed by atoms with Crippen LogP contribution in [0.25, 0.3) is 0 Å². The lowest BCUT2D eigenvalue weighted by atomic mass is 9.89. The summed E-state index contributed by atoms with van der Waals surface area (Å²) in [5, 5.41) is 21.7. The van der Waals surface area contributed by atoms with Gasteiger partial charge in [0.05, 0.1) is 12.1 Å². The van der Waals surface area contributed by atoms with Crippen LogP contribution in [0.2, 0.25) is 0 Å². The molecule has 0 heterocycles. The molecule has 0 radical (unpaired) electrons. The largest absolute Gasteiger partial charge is 0.508 e. The Morgan fingerprint density at radius 2 is 1.86 bits per heavy atom. The summed E-state index contributed by atoms with van der Waals surface area (Å²) < 4.78 is 0. The predicted molar refractivity (Wildman–Crippen MR) is 82.9 cm³/mol. The van der Waals surface area contributed by atoms with Crippen molar-refractivity contribution in [2.45, 2.75) is 45.8 Å². The molecule has 21 heavy (non-hydrogen) atoms. The fraction of sp³-hybridized carbons (Fsp3) is 0.562. The number of nitrogens with two attached hydrogens (primary N) is 1. The lowest BCUT2D eigenvalue weighted by Gasteiger charge is -2.23. The number of benzene rings is 1. The lowest BCUT2D eigenvalue weighted by Crippen LogP contribution is -2.45. The first-order valence-corrected chi connectivity index (χ1v) is 7.16. The summed E-state index contributed by atoms with van der Waals surface area (Å²) in [6, 6.07) is 5.92. The third kappa shape index (κ3) is 7.11. The fourth-order valence-electron chi connectivity index (χ4n) is 2.11. The summed E-state index contributed by atoms with van der Waals surface area (Å²) >= 11 is 0. The van der Waals surface area contributed by atoms with E-state index >= 15 is 0 Å². The topological polar surface area (TPSA) is 95.6 Å². The average molecular weight is 294 g/mol. The maximum absolute atomic E-state index is 11.9. The van der Waals surface area contributed by atoms with Crippen molar-refractivity contribution < 1.29 is 15.0 Å². The number of aromatic hydroxyl groups is 1. The zero-order valence-corrected chi connectivity index (χ0v) is 13.0. The Morgan fingerprint density at radius 3 is 2.38 bits per heavy atom. The highest BCUT2D eigenvalue weighted by Gasteiger charge is 2.19. The Hall–Kier alpha value is -1.59. The molecular weight excluding hydrogens is 268 g/mol. The number of amides is 1. The molecule has 0 aliphatic carbocycles. The normalized spacial score (nSPS) is 14.5. The molecule has 0 saturated carbocycles. The zero-order valence-electron chi connectivity index (χ0n) is 13.0. The van der Waals surface area contributed by atoms with Gasteiger partial charge in [-0.25, -0.2) is 0 Å². The predicted octanol–water partition coefficient (Wildman–Crippen LogP) is 1.18. The highest BCUT2D eigenvalue weighted by molar-refractivity contribution is 5.81. The van der Waals surface area contributed by atoms with E-state index in [9.17, 15) is 15.0 Å². The first kappa shape index (κ1) is 17.5. The highest BCUT2D eigenvalue weighted by Crippen LogP contribution is 2.20. The minimum Gasteiger partial charge on any atom is -0.508 e. The van der Waals surface area contributed by atoms with E-state index in [-0.39, 0.29) is 23.6 Å². The van der Waals surface area contributed by atoms with E-state index in [2.05, 4.69) is 5.32 Å². The Balaban J connectivity index is 2.39. The number of rotatable bonds is 6. The number of nitrogens with one attached hydrogen (secondary N) is 1. The van der Waals surface area contributed by atoms with Crippen LogP contribution in [0.15, 0.2) is 24.3 Å². The van der Waals surface area contributed by atoms with Gasteiger partial charge in [-0.1, -0.05) is 32.9 Å². The van der Waals surface area contributed by atoms with Crippen molar-refractivity contribution in [3.8, 4) is 5.75 Å². The van der Waals surface area contributed by atoms with Crippen LogP contribution in [0.1, 0.15) is 32.8 Å². The van der Waals surface area contributed by atoms with E-state index < -0.39 is 12.1 Å². The van der Waals surface area contributed by atoms with Gasteiger partial charge in [-0.15, -0.1) is 0 Å². The Kier molecular flexibility index (Phi) is 6.18. The maximum atomic E-state index is 11.9. The molecule has 0 saturated heterocycles. The van der Waals surface area contributed by atoms with Gasteiger partial charge in [0.15, 0.2) is 0 Å². The molecule has 5 nitrogen and oxygen atoms in total. The van der Waals surface area contributed by atoms with E-state index in [1.807, 2.05) is 20.8 Å². The lowest BCUT2D eigenvalue weighted by molar-refractivity contribution is -0.122. The molecule has 5 N–H and O–H groups in total. The smallest absolute Gasteiger partial charge is 0.237 e. The number of hydrogen-bond donors (Lipinski definition) is 4. The summed E-state index contributed by atoms with van der Waals surface area (Å²) in [6.07, 6.45) is 0.428. The molecule has 1 amide bonds. The van der Waals surface area contributed by atoms with Crippen LogP contribution >= 0.6 is 0 Å². The zero-order chi connectivity index (χ0) is 16.0. The van der Waals surface area contributed by atoms with Gasteiger partial charge in [0.1, 0.15) is 5.75 Å². The Morgan fingerprint density at radius 1 is 1.29 bits per heavy atom. The summed E-state index contributed by atoms with van der Waals surface area (Å²) in [5.41, 5.74) is 6.74. The van der Waals surface area contributed by atoms with Crippen LogP contribution in [0, 0.1) is 5.41 Å². The third-order valence-corrected chi connectivity index (χ3v) is 3.09. The number of phenols is 1. The van der Waals surface area contributed by atoms with Crippen LogP contribution in [-0.4, -0.2) is 34.8 Å². The van der Waals surface area contributed by atoms with E-state index in [0.29, 0.717) is 12.8 Å². The maximum Gasteiger partial charge on any atom is 0.237 e. The van der Waals surface area contributed by atoms with Gasteiger partial charge in [-0.3, -0.25) is 4.79 Å². The van der Waals surface area contributed by atoms with Crippen molar-refractivity contribution in [3.63, 3.8) is 0 Å². The van der Waals surface area contributed by atoms with E-state index in [0.717, 1.165) is 5.56 Å². The van der Waals surface area contributed by atoms with Crippen molar-refractivity contribution in [2.75, 3.05) is 6.54 Å². The van der Waals surface area contributed by atoms with E-state index in [4.69, 9.17) is 5.73 Å². The first-order chi connectivity index (χ1) is 9.67. The SMILES string of the molecule is CC(C)(C)CC(O)CNC(=O)[C@H](N)Cc1ccc(O)cc1. The molecule has 118 valence electrons. The first-order valence-electron chi connectivity index (χ1n) is 7.16. The monoisotopic (exact) mass is 294 g/mol. The Labute approximate surface area is 126 Å². The third-order valence-electron chi connectivity index (χ3n) is 3.09. The van der Waals surface area contributed by atoms with Gasteiger partial charge in [0.2, 0.25) is 5.91 Å². The van der Waals surface area contributed by atoms with E-state index in [1.165, 1.54) is 0 Å². The number of aliphatic hydroxyl groups excluding tert-OH is 1. The van der Waals surface area contributed by atoms with Gasteiger partial charge in [-0.2, -0.15) is 0 Å². The summed E-state index contributed by atoms with van der Waals surface area (Å²) in [5.74, 6) is -0.0990. The van der Waals surface area contributed by atoms with Crippen LogP contribution in [-0.2, 0) is 11.2 Å². The van der Waals surface area contributed by atoms with Gasteiger partial charge in [0, 0.05) is 6.54 Å². The summed E-state index contributed by atoms with van der Waals surface area (Å²) in [7, 11) is 0. The number of phenolic OH excluding ortho intramolecular Hbond substituents is 1. The molecule has 5 heteroatoms. The van der Waals surface area contributed by atoms with Crippen LogP contribution < -0.4 is 11.1 Å². The number of hydrogen-bond acceptors (Lipinski definition) is 4. The second-order valence-corrected chi connectivity index (χ2v) is 6.64. The minimum absolute atomic E-state index is 0.0122. The molecule has 0 fully saturated rings. The summed E-state index contributed by atoms with van der Waals surface area (Å²) in [4.78, 5) is 11.9. The van der Waals surface area contributed by atoms with Gasteiger partial charge in [0.25, 0.3) is 0 Å². The van der Waals surface area contributed by atoms with E-state index in [1.54, 1.807) is 24.3 Å². The fourth-order valence-corrected chi connectivity index (χ4v) is 2.11. The van der Waals surface area contributed by atoms with Crippen LogP contribution in [0.3, 0.4) is 0 Å². The molecule has 1 aromatic rings. The summed E-state index contributed by atoms with van der Waals surface area (Å²) in [6.45, 7) is 6.32. The molecule has 0 aliphatic rings. The van der Waals surface area contributed by atoms with Crippen molar-refractivity contribution in [2.24, 2.45) is 11.1 Å². The second kappa shape index (κ2) is 7.43. The van der Waals surface area contributed by atoms with Crippen molar-refractivity contribution in [3.05, 3.63) is 29.8 Å². The molecule has 0 aliphatic heterocycles. The van der Waals surface area contributed by atoms with Crippen molar-refractivity contribution in [1.29, 1.82) is 0 Å². The molecule has 0 bridgehead atoms. The Bertz CT molecular complexity index is 452. The molecular formula is C16H26N2O3. The molecule has 1 unspecified atom stereocenters. The van der Waals surface area contributed by atoms with Gasteiger partial charge in [-0.05, 0) is 36.0 Å². The van der Waals surface area contributed by atoms with Crippen LogP contribution in [0.5, 0.6) is 5.75 Å². The molecule has 0 aromatic heterocycles. The molecule has 1 aromatic carbocycles. The van der Waals surface area contributed by atoms with Gasteiger partial charge >= 0.3 is 0 Å². The van der Waals surface area contributed by atoms with Crippen molar-refractivity contribution >= 4 is 5.91 Å². The quantitative estimate of drug-likeness (QED) is 0.633. The van der Waals surface area contributed by atoms with Crippen molar-refractivity contribution in [1.82, 2.24) is 5.32 Å². The van der Waals surface area contributed by atoms with Crippen LogP contribution in [0.4, 0.5) is 0 Å². The molecule has 2 atom stereocenters. The molecule has 0 spiro atoms. The van der Waals surface area contributed by atoms with Gasteiger partial charge < -0.3 is 21.3 Å². The number of carbonyl (C=O) groups excluding carboxylic acids is 1. The number of aliphatic hydroxyl groups is 1. The number of carbonyl (C=O) groups is 1. The standard InChI is InChI=1S/C16H26N2O3/c1-16(2,3)9-13(20)10-18-15(21)14(17)8-11-4-6-12(19)7-5-11/h4-7,13-14,19-20H,8-10,17H2,1-3H3,(H,18,21)/t13?,14-/m1/s1. The molecule has 1 rings (SSSR count). The minimum atomic E-state index is -0.670. The second-order valence-electron chi connectivity index (χ2n) is 6.64.